The van der Waals surface area contributed by atoms with Crippen LogP contribution in [0.4, 0.5) is 16.2 Å². The normalized spacial score (nSPS) is 10.6. The van der Waals surface area contributed by atoms with Gasteiger partial charge in [0.2, 0.25) is 0 Å². The summed E-state index contributed by atoms with van der Waals surface area (Å²) in [5.41, 5.74) is 5.79. The maximum atomic E-state index is 12.0. The van der Waals surface area contributed by atoms with Crippen LogP contribution in [-0.4, -0.2) is 17.2 Å². The minimum Gasteiger partial charge on any atom is -0.488 e. The molecule has 3 aromatic carbocycles. The molecule has 158 valence electrons. The molecule has 0 atom stereocenters. The Labute approximate surface area is 192 Å². The molecular weight excluding hydrogens is 511 g/mol. The van der Waals surface area contributed by atoms with Gasteiger partial charge < -0.3 is 10.1 Å². The number of hydrogen-bond donors (Lipinski definition) is 2. The van der Waals surface area contributed by atoms with Crippen molar-refractivity contribution in [3.63, 3.8) is 0 Å². The number of nitrogens with one attached hydrogen (secondary N) is 2. The first-order chi connectivity index (χ1) is 14.9. The van der Waals surface area contributed by atoms with Crippen molar-refractivity contribution in [3.05, 3.63) is 97.1 Å². The number of halogens is 1. The highest BCUT2D eigenvalue weighted by Gasteiger charge is 2.06. The Hall–Kier alpha value is -3.47. The molecule has 3 rings (SSSR count). The average Bonchev–Trinajstić information content (AvgIpc) is 2.75. The lowest BCUT2D eigenvalue weighted by atomic mass is 10.2. The van der Waals surface area contributed by atoms with Crippen LogP contribution in [0.15, 0.2) is 71.8 Å². The second-order valence-electron chi connectivity index (χ2n) is 6.54. The lowest BCUT2D eigenvalue weighted by Gasteiger charge is -2.09. The first-order valence-corrected chi connectivity index (χ1v) is 10.3. The Kier molecular flexibility index (Phi) is 7.55. The number of ether oxygens (including phenoxy) is 1. The van der Waals surface area contributed by atoms with Gasteiger partial charge in [0.15, 0.2) is 0 Å². The second-order valence-corrected chi connectivity index (χ2v) is 7.70. The van der Waals surface area contributed by atoms with Crippen LogP contribution in [-0.2, 0) is 6.61 Å². The van der Waals surface area contributed by atoms with E-state index in [1.807, 2.05) is 49.4 Å². The first kappa shape index (κ1) is 22.2. The highest BCUT2D eigenvalue weighted by Crippen LogP contribution is 2.23. The number of hydrazone groups is 1. The molecule has 31 heavy (non-hydrogen) atoms. The third-order valence-corrected chi connectivity index (χ3v) is 5.11. The number of nitrogens with zero attached hydrogens (tertiary/aromatic N) is 2. The molecule has 0 aliphatic carbocycles. The van der Waals surface area contributed by atoms with Gasteiger partial charge in [-0.05, 0) is 82.6 Å². The molecule has 0 fully saturated rings. The SMILES string of the molecule is Cc1ccccc1NC(=O)NN=Cc1ccc(OCc2ccc([N+](=O)[O-])cc2)c(I)c1. The number of amides is 2. The zero-order valence-corrected chi connectivity index (χ0v) is 18.7. The van der Waals surface area contributed by atoms with Gasteiger partial charge in [0.25, 0.3) is 5.69 Å². The number of hydrogen-bond acceptors (Lipinski definition) is 5. The zero-order valence-electron chi connectivity index (χ0n) is 16.5. The van der Waals surface area contributed by atoms with Crippen molar-refractivity contribution >= 4 is 46.2 Å². The van der Waals surface area contributed by atoms with Gasteiger partial charge in [-0.15, -0.1) is 0 Å². The van der Waals surface area contributed by atoms with E-state index in [9.17, 15) is 14.9 Å². The van der Waals surface area contributed by atoms with Crippen molar-refractivity contribution in [3.8, 4) is 5.75 Å². The molecule has 0 aliphatic rings. The van der Waals surface area contributed by atoms with Gasteiger partial charge in [0.1, 0.15) is 12.4 Å². The summed E-state index contributed by atoms with van der Waals surface area (Å²) in [6.45, 7) is 2.20. The lowest BCUT2D eigenvalue weighted by Crippen LogP contribution is -2.24. The zero-order chi connectivity index (χ0) is 22.2. The Morgan fingerprint density at radius 1 is 1.16 bits per heavy atom. The molecule has 0 unspecified atom stereocenters. The Morgan fingerprint density at radius 2 is 1.90 bits per heavy atom. The lowest BCUT2D eigenvalue weighted by molar-refractivity contribution is -0.384. The standard InChI is InChI=1S/C22H19IN4O4/c1-15-4-2-3-5-20(15)25-22(28)26-24-13-17-8-11-21(19(23)12-17)31-14-16-6-9-18(10-7-16)27(29)30/h2-13H,14H2,1H3,(H2,25,26,28). The van der Waals surface area contributed by atoms with Crippen LogP contribution < -0.4 is 15.5 Å². The van der Waals surface area contributed by atoms with E-state index in [2.05, 4.69) is 38.4 Å². The number of benzene rings is 3. The van der Waals surface area contributed by atoms with Crippen molar-refractivity contribution in [1.82, 2.24) is 5.43 Å². The highest BCUT2D eigenvalue weighted by atomic mass is 127. The van der Waals surface area contributed by atoms with E-state index in [1.54, 1.807) is 18.3 Å². The van der Waals surface area contributed by atoms with Gasteiger partial charge in [-0.3, -0.25) is 10.1 Å². The van der Waals surface area contributed by atoms with E-state index >= 15 is 0 Å². The number of para-hydroxylation sites is 1. The smallest absolute Gasteiger partial charge is 0.339 e. The van der Waals surface area contributed by atoms with Crippen molar-refractivity contribution in [1.29, 1.82) is 0 Å². The number of nitro groups is 1. The number of rotatable bonds is 7. The largest absolute Gasteiger partial charge is 0.488 e. The van der Waals surface area contributed by atoms with Crippen molar-refractivity contribution in [2.24, 2.45) is 5.10 Å². The summed E-state index contributed by atoms with van der Waals surface area (Å²) in [5, 5.41) is 17.4. The molecule has 0 radical (unpaired) electrons. The molecule has 0 heterocycles. The van der Waals surface area contributed by atoms with E-state index < -0.39 is 11.0 Å². The molecule has 0 spiro atoms. The van der Waals surface area contributed by atoms with Gasteiger partial charge >= 0.3 is 6.03 Å². The van der Waals surface area contributed by atoms with E-state index in [4.69, 9.17) is 4.74 Å². The number of carbonyl (C=O) groups is 1. The topological polar surface area (TPSA) is 106 Å². The maximum Gasteiger partial charge on any atom is 0.339 e. The number of urea groups is 1. The molecule has 0 bridgehead atoms. The molecule has 0 saturated carbocycles. The molecule has 0 saturated heterocycles. The third kappa shape index (κ3) is 6.51. The monoisotopic (exact) mass is 530 g/mol. The Morgan fingerprint density at radius 3 is 2.58 bits per heavy atom. The van der Waals surface area contributed by atoms with Crippen molar-refractivity contribution in [2.45, 2.75) is 13.5 Å². The van der Waals surface area contributed by atoms with E-state index in [1.165, 1.54) is 12.1 Å². The summed E-state index contributed by atoms with van der Waals surface area (Å²) < 4.78 is 6.67. The molecule has 2 N–H and O–H groups in total. The summed E-state index contributed by atoms with van der Waals surface area (Å²) in [5.74, 6) is 0.682. The maximum absolute atomic E-state index is 12.0. The molecule has 0 aromatic heterocycles. The number of non-ortho nitro benzene ring substituents is 1. The number of anilines is 1. The minimum absolute atomic E-state index is 0.0446. The Bertz CT molecular complexity index is 1120. The molecule has 2 amide bonds. The van der Waals surface area contributed by atoms with Gasteiger partial charge in [-0.1, -0.05) is 18.2 Å². The van der Waals surface area contributed by atoms with Gasteiger partial charge in [-0.2, -0.15) is 5.10 Å². The van der Waals surface area contributed by atoms with Crippen molar-refractivity contribution < 1.29 is 14.5 Å². The number of nitro benzene ring substituents is 1. The molecule has 0 aliphatic heterocycles. The predicted octanol–water partition coefficient (Wildman–Crippen LogP) is 5.24. The van der Waals surface area contributed by atoms with Crippen LogP contribution in [0.1, 0.15) is 16.7 Å². The summed E-state index contributed by atoms with van der Waals surface area (Å²) in [6, 6.07) is 18.8. The summed E-state index contributed by atoms with van der Waals surface area (Å²) in [4.78, 5) is 22.2. The fourth-order valence-electron chi connectivity index (χ4n) is 2.62. The quantitative estimate of drug-likeness (QED) is 0.189. The van der Waals surface area contributed by atoms with Crippen LogP contribution in [0.25, 0.3) is 0 Å². The Balaban J connectivity index is 1.53. The first-order valence-electron chi connectivity index (χ1n) is 9.24. The van der Waals surface area contributed by atoms with Gasteiger partial charge in [0.05, 0.1) is 14.7 Å². The number of aryl methyl sites for hydroxylation is 1. The van der Waals surface area contributed by atoms with E-state index in [-0.39, 0.29) is 5.69 Å². The van der Waals surface area contributed by atoms with Crippen LogP contribution >= 0.6 is 22.6 Å². The summed E-state index contributed by atoms with van der Waals surface area (Å²) in [7, 11) is 0. The van der Waals surface area contributed by atoms with Crippen LogP contribution in [0.2, 0.25) is 0 Å². The third-order valence-electron chi connectivity index (χ3n) is 4.27. The highest BCUT2D eigenvalue weighted by molar-refractivity contribution is 14.1. The van der Waals surface area contributed by atoms with Gasteiger partial charge in [-0.25, -0.2) is 10.2 Å². The van der Waals surface area contributed by atoms with Gasteiger partial charge in [0, 0.05) is 17.8 Å². The van der Waals surface area contributed by atoms with Crippen LogP contribution in [0.5, 0.6) is 5.75 Å². The molecule has 8 nitrogen and oxygen atoms in total. The fourth-order valence-corrected chi connectivity index (χ4v) is 3.31. The van der Waals surface area contributed by atoms with E-state index in [0.29, 0.717) is 12.4 Å². The second kappa shape index (κ2) is 10.5. The van der Waals surface area contributed by atoms with E-state index in [0.717, 1.165) is 25.9 Å². The predicted molar refractivity (Wildman–Crippen MR) is 128 cm³/mol. The van der Waals surface area contributed by atoms with Crippen LogP contribution in [0, 0.1) is 20.6 Å². The van der Waals surface area contributed by atoms with Crippen LogP contribution in [0.3, 0.4) is 0 Å². The molecule has 9 heteroatoms. The molecular formula is C22H19IN4O4. The molecule has 3 aromatic rings. The summed E-state index contributed by atoms with van der Waals surface area (Å²) in [6.07, 6.45) is 1.54. The average molecular weight is 530 g/mol. The number of carbonyl (C=O) groups excluding carboxylic acids is 1. The minimum atomic E-state index is -0.435. The summed E-state index contributed by atoms with van der Waals surface area (Å²) >= 11 is 2.15. The fraction of sp³-hybridized carbons (Fsp3) is 0.0909. The van der Waals surface area contributed by atoms with Crippen molar-refractivity contribution in [2.75, 3.05) is 5.32 Å².